The molecule has 0 heterocycles. The zero-order valence-electron chi connectivity index (χ0n) is 11.7. The normalized spacial score (nSPS) is 9.29. The van der Waals surface area contributed by atoms with Crippen molar-refractivity contribution < 1.29 is 4.74 Å². The number of para-hydroxylation sites is 1. The van der Waals surface area contributed by atoms with Gasteiger partial charge in [-0.05, 0) is 24.6 Å². The van der Waals surface area contributed by atoms with E-state index in [0.717, 1.165) is 11.1 Å². The van der Waals surface area contributed by atoms with E-state index < -0.39 is 0 Å². The zero-order valence-corrected chi connectivity index (χ0v) is 11.7. The zero-order chi connectivity index (χ0) is 15.1. The summed E-state index contributed by atoms with van der Waals surface area (Å²) >= 11 is 0. The molecule has 0 bridgehead atoms. The van der Waals surface area contributed by atoms with Crippen molar-refractivity contribution in [1.29, 1.82) is 10.5 Å². The molecule has 0 saturated heterocycles. The number of nitriles is 2. The molecule has 3 nitrogen and oxygen atoms in total. The highest BCUT2D eigenvalue weighted by molar-refractivity contribution is 5.66. The van der Waals surface area contributed by atoms with Crippen molar-refractivity contribution in [2.45, 2.75) is 13.5 Å². The number of hydrogen-bond donors (Lipinski definition) is 0. The molecule has 21 heavy (non-hydrogen) atoms. The van der Waals surface area contributed by atoms with Gasteiger partial charge in [0.15, 0.2) is 0 Å². The van der Waals surface area contributed by atoms with Crippen molar-refractivity contribution in [3.05, 3.63) is 70.8 Å². The van der Waals surface area contributed by atoms with Gasteiger partial charge < -0.3 is 4.74 Å². The van der Waals surface area contributed by atoms with Gasteiger partial charge in [-0.1, -0.05) is 48.0 Å². The third-order valence-electron chi connectivity index (χ3n) is 2.97. The molecule has 2 rings (SSSR count). The number of aryl methyl sites for hydroxylation is 1. The first-order chi connectivity index (χ1) is 10.2. The molecule has 2 aromatic rings. The molecule has 0 amide bonds. The second-order valence-electron chi connectivity index (χ2n) is 4.59. The Kier molecular flexibility index (Phi) is 4.75. The van der Waals surface area contributed by atoms with Gasteiger partial charge in [0.1, 0.15) is 30.1 Å². The predicted molar refractivity (Wildman–Crippen MR) is 81.2 cm³/mol. The van der Waals surface area contributed by atoms with Crippen LogP contribution >= 0.6 is 0 Å². The number of allylic oxidation sites excluding steroid dienone is 1. The molecule has 0 aliphatic rings. The molecule has 0 aromatic heterocycles. The van der Waals surface area contributed by atoms with Crippen molar-refractivity contribution in [1.82, 2.24) is 0 Å². The molecular formula is C18H14N2O. The van der Waals surface area contributed by atoms with E-state index in [1.807, 2.05) is 67.6 Å². The van der Waals surface area contributed by atoms with E-state index in [1.165, 1.54) is 11.6 Å². The fraction of sp³-hybridized carbons (Fsp3) is 0.111. The van der Waals surface area contributed by atoms with E-state index in [-0.39, 0.29) is 5.57 Å². The Balaban J connectivity index is 2.18. The molecule has 0 unspecified atom stereocenters. The van der Waals surface area contributed by atoms with Crippen LogP contribution in [0.15, 0.2) is 54.1 Å². The summed E-state index contributed by atoms with van der Waals surface area (Å²) in [6.45, 7) is 2.48. The lowest BCUT2D eigenvalue weighted by atomic mass is 10.1. The summed E-state index contributed by atoms with van der Waals surface area (Å²) in [6.07, 6.45) is 1.53. The summed E-state index contributed by atoms with van der Waals surface area (Å²) in [5.41, 5.74) is 3.05. The Morgan fingerprint density at radius 2 is 1.71 bits per heavy atom. The van der Waals surface area contributed by atoms with E-state index >= 15 is 0 Å². The van der Waals surface area contributed by atoms with Gasteiger partial charge in [0.25, 0.3) is 0 Å². The van der Waals surface area contributed by atoms with Crippen LogP contribution in [0.1, 0.15) is 16.7 Å². The molecule has 102 valence electrons. The smallest absolute Gasteiger partial charge is 0.130 e. The van der Waals surface area contributed by atoms with Crippen LogP contribution in [0.25, 0.3) is 6.08 Å². The van der Waals surface area contributed by atoms with Crippen molar-refractivity contribution >= 4 is 6.08 Å². The lowest BCUT2D eigenvalue weighted by molar-refractivity contribution is 0.305. The Morgan fingerprint density at radius 1 is 1.05 bits per heavy atom. The monoisotopic (exact) mass is 274 g/mol. The van der Waals surface area contributed by atoms with Gasteiger partial charge in [-0.3, -0.25) is 0 Å². The molecule has 0 aliphatic heterocycles. The SMILES string of the molecule is Cc1ccc(COc2ccccc2C=C(C#N)C#N)cc1. The molecule has 0 radical (unpaired) electrons. The van der Waals surface area contributed by atoms with Crippen molar-refractivity contribution in [3.8, 4) is 17.9 Å². The third kappa shape index (κ3) is 3.96. The predicted octanol–water partition coefficient (Wildman–Crippen LogP) is 4.00. The fourth-order valence-electron chi connectivity index (χ4n) is 1.82. The van der Waals surface area contributed by atoms with E-state index in [9.17, 15) is 0 Å². The second-order valence-corrected chi connectivity index (χ2v) is 4.59. The highest BCUT2D eigenvalue weighted by atomic mass is 16.5. The molecule has 3 heteroatoms. The van der Waals surface area contributed by atoms with Crippen molar-refractivity contribution in [2.75, 3.05) is 0 Å². The Bertz CT molecular complexity index is 715. The number of ether oxygens (including phenoxy) is 1. The first-order valence-electron chi connectivity index (χ1n) is 6.52. The highest BCUT2D eigenvalue weighted by Gasteiger charge is 2.03. The minimum Gasteiger partial charge on any atom is -0.488 e. The number of nitrogens with zero attached hydrogens (tertiary/aromatic N) is 2. The van der Waals surface area contributed by atoms with Crippen LogP contribution in [0.5, 0.6) is 5.75 Å². The van der Waals surface area contributed by atoms with Crippen LogP contribution in [0, 0.1) is 29.6 Å². The van der Waals surface area contributed by atoms with E-state index in [4.69, 9.17) is 15.3 Å². The standard InChI is InChI=1S/C18H14N2O/c1-14-6-8-15(9-7-14)13-21-18-5-3-2-4-17(18)10-16(11-19)12-20/h2-10H,13H2,1H3. The summed E-state index contributed by atoms with van der Waals surface area (Å²) in [6, 6.07) is 19.2. The second kappa shape index (κ2) is 6.93. The summed E-state index contributed by atoms with van der Waals surface area (Å²) < 4.78 is 5.79. The lowest BCUT2D eigenvalue weighted by Gasteiger charge is -2.09. The first-order valence-corrected chi connectivity index (χ1v) is 6.52. The lowest BCUT2D eigenvalue weighted by Crippen LogP contribution is -1.97. The average molecular weight is 274 g/mol. The quantitative estimate of drug-likeness (QED) is 0.792. The topological polar surface area (TPSA) is 56.8 Å². The number of hydrogen-bond acceptors (Lipinski definition) is 3. The summed E-state index contributed by atoms with van der Waals surface area (Å²) in [5, 5.41) is 17.7. The molecule has 0 aliphatic carbocycles. The maximum atomic E-state index is 8.83. The summed E-state index contributed by atoms with van der Waals surface area (Å²) in [5.74, 6) is 0.654. The average Bonchev–Trinajstić information content (AvgIpc) is 2.53. The molecule has 2 aromatic carbocycles. The highest BCUT2D eigenvalue weighted by Crippen LogP contribution is 2.22. The van der Waals surface area contributed by atoms with Gasteiger partial charge >= 0.3 is 0 Å². The van der Waals surface area contributed by atoms with E-state index in [1.54, 1.807) is 0 Å². The molecule has 0 fully saturated rings. The number of rotatable bonds is 4. The largest absolute Gasteiger partial charge is 0.488 e. The van der Waals surface area contributed by atoms with Crippen molar-refractivity contribution in [3.63, 3.8) is 0 Å². The first kappa shape index (κ1) is 14.4. The van der Waals surface area contributed by atoms with Gasteiger partial charge in [-0.25, -0.2) is 0 Å². The fourth-order valence-corrected chi connectivity index (χ4v) is 1.82. The minimum absolute atomic E-state index is 0.0568. The van der Waals surface area contributed by atoms with E-state index in [2.05, 4.69) is 0 Å². The number of benzene rings is 2. The third-order valence-corrected chi connectivity index (χ3v) is 2.97. The van der Waals surface area contributed by atoms with Gasteiger partial charge in [-0.2, -0.15) is 10.5 Å². The maximum absolute atomic E-state index is 8.83. The van der Waals surface area contributed by atoms with Crippen LogP contribution in [-0.4, -0.2) is 0 Å². The molecular weight excluding hydrogens is 260 g/mol. The summed E-state index contributed by atoms with van der Waals surface area (Å²) in [4.78, 5) is 0. The van der Waals surface area contributed by atoms with Crippen LogP contribution < -0.4 is 4.74 Å². The Labute approximate surface area is 124 Å². The minimum atomic E-state index is 0.0568. The Morgan fingerprint density at radius 3 is 2.38 bits per heavy atom. The van der Waals surface area contributed by atoms with Crippen LogP contribution in [-0.2, 0) is 6.61 Å². The van der Waals surface area contributed by atoms with Gasteiger partial charge in [0.05, 0.1) is 0 Å². The molecule has 0 atom stereocenters. The van der Waals surface area contributed by atoms with Crippen LogP contribution in [0.3, 0.4) is 0 Å². The molecule has 0 saturated carbocycles. The maximum Gasteiger partial charge on any atom is 0.130 e. The van der Waals surface area contributed by atoms with Crippen LogP contribution in [0.2, 0.25) is 0 Å². The van der Waals surface area contributed by atoms with E-state index in [0.29, 0.717) is 12.4 Å². The van der Waals surface area contributed by atoms with Crippen LogP contribution in [0.4, 0.5) is 0 Å². The Hall–Kier alpha value is -3.04. The van der Waals surface area contributed by atoms with Gasteiger partial charge in [0.2, 0.25) is 0 Å². The summed E-state index contributed by atoms with van der Waals surface area (Å²) in [7, 11) is 0. The van der Waals surface area contributed by atoms with Gasteiger partial charge in [0, 0.05) is 5.56 Å². The molecule has 0 N–H and O–H groups in total. The van der Waals surface area contributed by atoms with Gasteiger partial charge in [-0.15, -0.1) is 0 Å². The van der Waals surface area contributed by atoms with Crippen molar-refractivity contribution in [2.24, 2.45) is 0 Å². The molecule has 0 spiro atoms.